The Hall–Kier alpha value is -2.91. The van der Waals surface area contributed by atoms with Gasteiger partial charge in [0.2, 0.25) is 0 Å². The molecule has 1 aliphatic heterocycles. The van der Waals surface area contributed by atoms with Crippen molar-refractivity contribution >= 4 is 29.2 Å². The number of hydrogen-bond donors (Lipinski definition) is 2. The van der Waals surface area contributed by atoms with Gasteiger partial charge in [-0.05, 0) is 36.1 Å². The van der Waals surface area contributed by atoms with Crippen LogP contribution in [-0.2, 0) is 16.1 Å². The highest BCUT2D eigenvalue weighted by Crippen LogP contribution is 2.17. The molecule has 156 valence electrons. The second kappa shape index (κ2) is 11.2. The minimum absolute atomic E-state index is 0.167. The number of hydrogen-bond acceptors (Lipinski definition) is 6. The number of rotatable bonds is 5. The summed E-state index contributed by atoms with van der Waals surface area (Å²) in [4.78, 5) is 35.7. The minimum Gasteiger partial charge on any atom is -0.494 e. The lowest BCUT2D eigenvalue weighted by molar-refractivity contribution is -0.159. The molecule has 29 heavy (non-hydrogen) atoms. The van der Waals surface area contributed by atoms with E-state index in [1.54, 1.807) is 0 Å². The van der Waals surface area contributed by atoms with Crippen molar-refractivity contribution in [3.8, 4) is 5.75 Å². The first kappa shape index (κ1) is 22.4. The fraction of sp³-hybridized carbons (Fsp3) is 0.350. The molecule has 3 rings (SSSR count). The molecule has 1 saturated heterocycles. The Morgan fingerprint density at radius 2 is 1.62 bits per heavy atom. The van der Waals surface area contributed by atoms with Gasteiger partial charge < -0.3 is 19.8 Å². The molecule has 2 aromatic rings. The summed E-state index contributed by atoms with van der Waals surface area (Å²) < 4.78 is 5.47. The maximum absolute atomic E-state index is 12.3. The van der Waals surface area contributed by atoms with E-state index in [-0.39, 0.29) is 5.91 Å². The molecule has 1 fully saturated rings. The Morgan fingerprint density at radius 3 is 2.10 bits per heavy atom. The van der Waals surface area contributed by atoms with Gasteiger partial charge in [-0.15, -0.1) is 11.3 Å². The molecule has 1 aromatic heterocycles. The van der Waals surface area contributed by atoms with Gasteiger partial charge >= 0.3 is 11.9 Å². The lowest BCUT2D eigenvalue weighted by Gasteiger charge is -2.34. The van der Waals surface area contributed by atoms with Gasteiger partial charge in [0.15, 0.2) is 0 Å². The molecule has 1 aliphatic rings. The van der Waals surface area contributed by atoms with E-state index in [0.29, 0.717) is 6.61 Å². The molecule has 0 bridgehead atoms. The maximum atomic E-state index is 12.3. The van der Waals surface area contributed by atoms with Crippen molar-refractivity contribution in [3.05, 3.63) is 52.2 Å². The molecule has 0 unspecified atom stereocenters. The van der Waals surface area contributed by atoms with E-state index in [2.05, 4.69) is 17.0 Å². The lowest BCUT2D eigenvalue weighted by atomic mass is 10.2. The van der Waals surface area contributed by atoms with Gasteiger partial charge in [0.1, 0.15) is 5.75 Å². The van der Waals surface area contributed by atoms with Crippen LogP contribution in [0.1, 0.15) is 22.2 Å². The SMILES string of the molecule is CCOc1ccc(CN2CCN(C(=O)c3cccs3)CC2)cc1.O=C(O)C(=O)O. The summed E-state index contributed by atoms with van der Waals surface area (Å²) in [6, 6.07) is 12.1. The predicted octanol–water partition coefficient (Wildman–Crippen LogP) is 2.26. The van der Waals surface area contributed by atoms with Gasteiger partial charge in [0, 0.05) is 32.7 Å². The highest BCUT2D eigenvalue weighted by atomic mass is 32.1. The third-order valence-corrected chi connectivity index (χ3v) is 5.07. The monoisotopic (exact) mass is 420 g/mol. The van der Waals surface area contributed by atoms with E-state index in [9.17, 15) is 4.79 Å². The summed E-state index contributed by atoms with van der Waals surface area (Å²) in [5.41, 5.74) is 1.28. The van der Waals surface area contributed by atoms with Crippen LogP contribution in [-0.4, -0.2) is 70.6 Å². The summed E-state index contributed by atoms with van der Waals surface area (Å²) in [6.07, 6.45) is 0. The summed E-state index contributed by atoms with van der Waals surface area (Å²) >= 11 is 1.52. The number of amides is 1. The van der Waals surface area contributed by atoms with Crippen LogP contribution in [0.5, 0.6) is 5.75 Å². The van der Waals surface area contributed by atoms with Crippen LogP contribution >= 0.6 is 11.3 Å². The average Bonchev–Trinajstić information content (AvgIpc) is 3.25. The zero-order valence-corrected chi connectivity index (χ0v) is 16.9. The Bertz CT molecular complexity index is 787. The Kier molecular flexibility index (Phi) is 8.63. The summed E-state index contributed by atoms with van der Waals surface area (Å²) in [7, 11) is 0. The van der Waals surface area contributed by atoms with E-state index in [1.807, 2.05) is 41.5 Å². The van der Waals surface area contributed by atoms with Gasteiger partial charge in [-0.1, -0.05) is 18.2 Å². The third kappa shape index (κ3) is 7.20. The van der Waals surface area contributed by atoms with Crippen molar-refractivity contribution < 1.29 is 29.3 Å². The smallest absolute Gasteiger partial charge is 0.414 e. The first-order valence-electron chi connectivity index (χ1n) is 9.13. The molecule has 8 nitrogen and oxygen atoms in total. The van der Waals surface area contributed by atoms with Crippen LogP contribution in [0.15, 0.2) is 41.8 Å². The number of carboxylic acids is 2. The van der Waals surface area contributed by atoms with Crippen LogP contribution in [0.3, 0.4) is 0 Å². The lowest BCUT2D eigenvalue weighted by Crippen LogP contribution is -2.48. The van der Waals surface area contributed by atoms with E-state index >= 15 is 0 Å². The van der Waals surface area contributed by atoms with E-state index < -0.39 is 11.9 Å². The standard InChI is InChI=1S/C18H22N2O2S.C2H2O4/c1-2-22-16-7-5-15(6-8-16)14-19-9-11-20(12-10-19)18(21)17-4-3-13-23-17;3-1(4)2(5)6/h3-8,13H,2,9-12,14H2,1H3;(H,3,4)(H,5,6). The number of carboxylic acid groups (broad SMARTS) is 2. The summed E-state index contributed by atoms with van der Waals surface area (Å²) in [6.45, 7) is 7.05. The number of ether oxygens (including phenoxy) is 1. The van der Waals surface area contributed by atoms with Gasteiger partial charge in [0.05, 0.1) is 11.5 Å². The summed E-state index contributed by atoms with van der Waals surface area (Å²) in [5.74, 6) is -2.56. The average molecular weight is 420 g/mol. The molecule has 0 saturated carbocycles. The van der Waals surface area contributed by atoms with Gasteiger partial charge in [-0.2, -0.15) is 0 Å². The van der Waals surface area contributed by atoms with Crippen molar-refractivity contribution in [2.75, 3.05) is 32.8 Å². The minimum atomic E-state index is -1.82. The zero-order valence-electron chi connectivity index (χ0n) is 16.1. The molecule has 0 atom stereocenters. The second-order valence-electron chi connectivity index (χ2n) is 6.23. The normalized spacial score (nSPS) is 13.9. The van der Waals surface area contributed by atoms with Crippen molar-refractivity contribution in [1.82, 2.24) is 9.80 Å². The van der Waals surface area contributed by atoms with E-state index in [1.165, 1.54) is 16.9 Å². The fourth-order valence-electron chi connectivity index (χ4n) is 2.78. The molecule has 2 heterocycles. The predicted molar refractivity (Wildman–Crippen MR) is 108 cm³/mol. The second-order valence-corrected chi connectivity index (χ2v) is 7.18. The van der Waals surface area contributed by atoms with Crippen LogP contribution in [0.2, 0.25) is 0 Å². The number of carbonyl (C=O) groups excluding carboxylic acids is 1. The molecule has 2 N–H and O–H groups in total. The van der Waals surface area contributed by atoms with Gasteiger partial charge in [-0.3, -0.25) is 9.69 Å². The zero-order chi connectivity index (χ0) is 21.2. The Balaban J connectivity index is 0.000000438. The molecular formula is C20H24N2O6S. The quantitative estimate of drug-likeness (QED) is 0.715. The van der Waals surface area contributed by atoms with Crippen molar-refractivity contribution in [2.45, 2.75) is 13.5 Å². The van der Waals surface area contributed by atoms with Gasteiger partial charge in [0.25, 0.3) is 5.91 Å². The number of nitrogens with zero attached hydrogens (tertiary/aromatic N) is 2. The molecule has 0 aliphatic carbocycles. The fourth-order valence-corrected chi connectivity index (χ4v) is 3.47. The van der Waals surface area contributed by atoms with Crippen LogP contribution in [0.25, 0.3) is 0 Å². The number of benzene rings is 1. The molecule has 1 aromatic carbocycles. The van der Waals surface area contributed by atoms with Crippen molar-refractivity contribution in [2.24, 2.45) is 0 Å². The molecule has 0 radical (unpaired) electrons. The van der Waals surface area contributed by atoms with Gasteiger partial charge in [-0.25, -0.2) is 9.59 Å². The van der Waals surface area contributed by atoms with Crippen LogP contribution < -0.4 is 4.74 Å². The van der Waals surface area contributed by atoms with Crippen molar-refractivity contribution in [3.63, 3.8) is 0 Å². The molecular weight excluding hydrogens is 396 g/mol. The van der Waals surface area contributed by atoms with Crippen molar-refractivity contribution in [1.29, 1.82) is 0 Å². The van der Waals surface area contributed by atoms with Crippen LogP contribution in [0.4, 0.5) is 0 Å². The largest absolute Gasteiger partial charge is 0.494 e. The number of aliphatic carboxylic acids is 2. The maximum Gasteiger partial charge on any atom is 0.414 e. The first-order valence-corrected chi connectivity index (χ1v) is 10.0. The first-order chi connectivity index (χ1) is 13.9. The highest BCUT2D eigenvalue weighted by molar-refractivity contribution is 7.12. The van der Waals surface area contributed by atoms with Crippen LogP contribution in [0, 0.1) is 0 Å². The number of thiophene rings is 1. The molecule has 0 spiro atoms. The highest BCUT2D eigenvalue weighted by Gasteiger charge is 2.22. The summed E-state index contributed by atoms with van der Waals surface area (Å²) in [5, 5.41) is 16.7. The van der Waals surface area contributed by atoms with E-state index in [4.69, 9.17) is 24.5 Å². The molecule has 9 heteroatoms. The van der Waals surface area contributed by atoms with E-state index in [0.717, 1.165) is 43.4 Å². The topological polar surface area (TPSA) is 107 Å². The third-order valence-electron chi connectivity index (χ3n) is 4.21. The number of piperazine rings is 1. The Labute approximate surface area is 172 Å². The number of carbonyl (C=O) groups is 3. The molecule has 1 amide bonds. The Morgan fingerprint density at radius 1 is 1.00 bits per heavy atom.